The Kier molecular flexibility index (Phi) is 7.01. The first-order valence-electron chi connectivity index (χ1n) is 8.48. The van der Waals surface area contributed by atoms with Crippen LogP contribution in [0.2, 0.25) is 0 Å². The number of aliphatic hydroxyl groups is 1. The van der Waals surface area contributed by atoms with Gasteiger partial charge < -0.3 is 9.84 Å². The summed E-state index contributed by atoms with van der Waals surface area (Å²) in [5.41, 5.74) is 0.691. The smallest absolute Gasteiger partial charge is 0.212 e. The minimum atomic E-state index is -3.50. The number of sulfonamides is 1. The Morgan fingerprint density at radius 3 is 2.79 bits per heavy atom. The van der Waals surface area contributed by atoms with Crippen molar-refractivity contribution < 1.29 is 22.7 Å². The third kappa shape index (κ3) is 6.03. The molecule has 0 aliphatic heterocycles. The lowest BCUT2D eigenvalue weighted by Gasteiger charge is -2.19. The number of nitrogens with one attached hydrogen (secondary N) is 1. The van der Waals surface area contributed by atoms with E-state index in [0.717, 1.165) is 19.3 Å². The van der Waals surface area contributed by atoms with Gasteiger partial charge in [0.2, 0.25) is 10.0 Å². The Morgan fingerprint density at radius 2 is 2.17 bits per heavy atom. The summed E-state index contributed by atoms with van der Waals surface area (Å²) in [4.78, 5) is 0. The molecule has 0 heterocycles. The number of benzene rings is 1. The van der Waals surface area contributed by atoms with Crippen LogP contribution in [0, 0.1) is 11.7 Å². The molecule has 1 atom stereocenters. The van der Waals surface area contributed by atoms with E-state index in [-0.39, 0.29) is 24.5 Å². The molecule has 1 aliphatic rings. The third-order valence-corrected chi connectivity index (χ3v) is 5.47. The standard InChI is InChI=1S/C17H26FNO4S/c1-2-4-16(19-24(21,22)10-3-9-20)14-7-8-15(18)17(11-14)23-12-13-5-6-13/h7-8,11,13,16,19-20H,2-6,9-10,12H2,1H3/t16-/m1/s1. The average Bonchev–Trinajstić information content (AvgIpc) is 3.36. The molecule has 5 nitrogen and oxygen atoms in total. The van der Waals surface area contributed by atoms with Crippen molar-refractivity contribution in [2.24, 2.45) is 5.92 Å². The summed E-state index contributed by atoms with van der Waals surface area (Å²) < 4.78 is 46.3. The van der Waals surface area contributed by atoms with Gasteiger partial charge in [-0.05, 0) is 49.3 Å². The second-order valence-electron chi connectivity index (χ2n) is 6.30. The molecular formula is C17H26FNO4S. The van der Waals surface area contributed by atoms with Crippen LogP contribution in [0.4, 0.5) is 4.39 Å². The number of rotatable bonds is 11. The SMILES string of the molecule is CCC[C@@H](NS(=O)(=O)CCCO)c1ccc(F)c(OCC2CC2)c1. The first kappa shape index (κ1) is 19.1. The van der Waals surface area contributed by atoms with Gasteiger partial charge in [0.15, 0.2) is 11.6 Å². The monoisotopic (exact) mass is 359 g/mol. The lowest BCUT2D eigenvalue weighted by atomic mass is 10.0. The quantitative estimate of drug-likeness (QED) is 0.637. The van der Waals surface area contributed by atoms with Crippen LogP contribution >= 0.6 is 0 Å². The van der Waals surface area contributed by atoms with Gasteiger partial charge in [0.1, 0.15) is 0 Å². The van der Waals surface area contributed by atoms with E-state index in [4.69, 9.17) is 9.84 Å². The number of halogens is 1. The first-order chi connectivity index (χ1) is 11.4. The molecule has 0 unspecified atom stereocenters. The number of hydrogen-bond acceptors (Lipinski definition) is 4. The van der Waals surface area contributed by atoms with Gasteiger partial charge in [-0.1, -0.05) is 19.4 Å². The van der Waals surface area contributed by atoms with Gasteiger partial charge in [-0.2, -0.15) is 0 Å². The largest absolute Gasteiger partial charge is 0.490 e. The highest BCUT2D eigenvalue weighted by Crippen LogP contribution is 2.31. The molecule has 0 saturated heterocycles. The molecule has 2 N–H and O–H groups in total. The Bertz CT molecular complexity index is 631. The Balaban J connectivity index is 2.12. The molecule has 136 valence electrons. The fraction of sp³-hybridized carbons (Fsp3) is 0.647. The molecule has 0 spiro atoms. The van der Waals surface area contributed by atoms with Crippen LogP contribution in [0.25, 0.3) is 0 Å². The molecular weight excluding hydrogens is 333 g/mol. The van der Waals surface area contributed by atoms with Crippen LogP contribution in [0.3, 0.4) is 0 Å². The van der Waals surface area contributed by atoms with Crippen molar-refractivity contribution in [3.05, 3.63) is 29.6 Å². The highest BCUT2D eigenvalue weighted by atomic mass is 32.2. The molecule has 0 bridgehead atoms. The summed E-state index contributed by atoms with van der Waals surface area (Å²) in [7, 11) is -3.50. The highest BCUT2D eigenvalue weighted by Gasteiger charge is 2.23. The second-order valence-corrected chi connectivity index (χ2v) is 8.17. The molecule has 24 heavy (non-hydrogen) atoms. The maximum absolute atomic E-state index is 13.9. The normalized spacial score (nSPS) is 16.1. The van der Waals surface area contributed by atoms with Crippen molar-refractivity contribution in [3.63, 3.8) is 0 Å². The van der Waals surface area contributed by atoms with Crippen molar-refractivity contribution in [2.75, 3.05) is 19.0 Å². The first-order valence-corrected chi connectivity index (χ1v) is 10.1. The van der Waals surface area contributed by atoms with Crippen LogP contribution < -0.4 is 9.46 Å². The Labute approximate surface area is 143 Å². The fourth-order valence-corrected chi connectivity index (χ4v) is 3.77. The van der Waals surface area contributed by atoms with Crippen molar-refractivity contribution in [1.82, 2.24) is 4.72 Å². The lowest BCUT2D eigenvalue weighted by Crippen LogP contribution is -2.31. The van der Waals surface area contributed by atoms with Gasteiger partial charge in [0, 0.05) is 12.6 Å². The van der Waals surface area contributed by atoms with E-state index < -0.39 is 21.9 Å². The van der Waals surface area contributed by atoms with Gasteiger partial charge in [-0.25, -0.2) is 17.5 Å². The van der Waals surface area contributed by atoms with Crippen LogP contribution in [0.15, 0.2) is 18.2 Å². The predicted molar refractivity (Wildman–Crippen MR) is 90.9 cm³/mol. The van der Waals surface area contributed by atoms with E-state index >= 15 is 0 Å². The zero-order valence-electron chi connectivity index (χ0n) is 14.0. The molecule has 7 heteroatoms. The fourth-order valence-electron chi connectivity index (χ4n) is 2.45. The predicted octanol–water partition coefficient (Wildman–Crippen LogP) is 2.76. The second kappa shape index (κ2) is 8.78. The maximum atomic E-state index is 13.9. The summed E-state index contributed by atoms with van der Waals surface area (Å²) in [6.07, 6.45) is 3.80. The zero-order chi connectivity index (χ0) is 17.6. The highest BCUT2D eigenvalue weighted by molar-refractivity contribution is 7.89. The summed E-state index contributed by atoms with van der Waals surface area (Å²) in [6.45, 7) is 2.29. The molecule has 0 radical (unpaired) electrons. The molecule has 0 aromatic heterocycles. The Hall–Kier alpha value is -1.18. The maximum Gasteiger partial charge on any atom is 0.212 e. The molecule has 1 aromatic carbocycles. The lowest BCUT2D eigenvalue weighted by molar-refractivity contribution is 0.284. The van der Waals surface area contributed by atoms with Gasteiger partial charge in [0.25, 0.3) is 0 Å². The third-order valence-electron chi connectivity index (χ3n) is 4.00. The topological polar surface area (TPSA) is 75.6 Å². The summed E-state index contributed by atoms with van der Waals surface area (Å²) >= 11 is 0. The van der Waals surface area contributed by atoms with E-state index in [1.807, 2.05) is 6.92 Å². The van der Waals surface area contributed by atoms with Crippen LogP contribution in [0.1, 0.15) is 50.6 Å². The molecule has 1 aromatic rings. The molecule has 2 rings (SSSR count). The number of ether oxygens (including phenoxy) is 1. The van der Waals surface area contributed by atoms with Gasteiger partial charge in [-0.15, -0.1) is 0 Å². The van der Waals surface area contributed by atoms with E-state index in [1.165, 1.54) is 6.07 Å². The minimum Gasteiger partial charge on any atom is -0.490 e. The van der Waals surface area contributed by atoms with Crippen molar-refractivity contribution in [2.45, 2.75) is 45.1 Å². The molecule has 1 aliphatic carbocycles. The van der Waals surface area contributed by atoms with Gasteiger partial charge in [-0.3, -0.25) is 0 Å². The van der Waals surface area contributed by atoms with Crippen LogP contribution in [-0.2, 0) is 10.0 Å². The van der Waals surface area contributed by atoms with E-state index in [0.29, 0.717) is 24.5 Å². The summed E-state index contributed by atoms with van der Waals surface area (Å²) in [5, 5.41) is 8.81. The minimum absolute atomic E-state index is 0.129. The van der Waals surface area contributed by atoms with Crippen molar-refractivity contribution in [1.29, 1.82) is 0 Å². The van der Waals surface area contributed by atoms with Crippen molar-refractivity contribution >= 4 is 10.0 Å². The van der Waals surface area contributed by atoms with Crippen LogP contribution in [0.5, 0.6) is 5.75 Å². The average molecular weight is 359 g/mol. The zero-order valence-corrected chi connectivity index (χ0v) is 14.8. The number of hydrogen-bond donors (Lipinski definition) is 2. The van der Waals surface area contributed by atoms with E-state index in [2.05, 4.69) is 4.72 Å². The van der Waals surface area contributed by atoms with E-state index in [9.17, 15) is 12.8 Å². The van der Waals surface area contributed by atoms with Crippen LogP contribution in [-0.4, -0.2) is 32.5 Å². The summed E-state index contributed by atoms with van der Waals surface area (Å²) in [5.74, 6) is 0.125. The Morgan fingerprint density at radius 1 is 1.42 bits per heavy atom. The molecule has 1 fully saturated rings. The number of aliphatic hydroxyl groups excluding tert-OH is 1. The van der Waals surface area contributed by atoms with Gasteiger partial charge >= 0.3 is 0 Å². The van der Waals surface area contributed by atoms with Crippen molar-refractivity contribution in [3.8, 4) is 5.75 Å². The van der Waals surface area contributed by atoms with Gasteiger partial charge in [0.05, 0.1) is 12.4 Å². The molecule has 1 saturated carbocycles. The molecule has 0 amide bonds. The summed E-state index contributed by atoms with van der Waals surface area (Å²) in [6, 6.07) is 4.07. The van der Waals surface area contributed by atoms with E-state index in [1.54, 1.807) is 12.1 Å².